The summed E-state index contributed by atoms with van der Waals surface area (Å²) >= 11 is 0. The lowest BCUT2D eigenvalue weighted by molar-refractivity contribution is -0.0704. The minimum Gasteiger partial charge on any atom is -0.488 e. The van der Waals surface area contributed by atoms with Gasteiger partial charge >= 0.3 is 0 Å². The molecule has 0 bridgehead atoms. The number of β-amino-alcohol motifs (C(OH)–C–C–N with tert-alkyl or cyclic N) is 1. The lowest BCUT2D eigenvalue weighted by atomic mass is 10.0. The molecule has 1 aromatic carbocycles. The molecule has 20 heavy (non-hydrogen) atoms. The highest BCUT2D eigenvalue weighted by molar-refractivity contribution is 5.23. The fourth-order valence-electron chi connectivity index (χ4n) is 2.28. The van der Waals surface area contributed by atoms with E-state index in [2.05, 4.69) is 18.7 Å². The molecule has 0 spiro atoms. The summed E-state index contributed by atoms with van der Waals surface area (Å²) in [6, 6.07) is 6.21. The highest BCUT2D eigenvalue weighted by atomic mass is 19.1. The topological polar surface area (TPSA) is 41.9 Å². The van der Waals surface area contributed by atoms with Crippen LogP contribution in [0.4, 0.5) is 4.39 Å². The van der Waals surface area contributed by atoms with Crippen LogP contribution in [0.5, 0.6) is 5.75 Å². The second kappa shape index (κ2) is 6.52. The second-order valence-electron chi connectivity index (χ2n) is 5.71. The fourth-order valence-corrected chi connectivity index (χ4v) is 2.28. The van der Waals surface area contributed by atoms with Crippen LogP contribution in [0.15, 0.2) is 24.3 Å². The SMILES string of the molecule is CC1(C)COCCN1CC(O)COc1ccccc1F. The number of rotatable bonds is 5. The van der Waals surface area contributed by atoms with Crippen molar-refractivity contribution in [1.29, 1.82) is 0 Å². The number of benzene rings is 1. The lowest BCUT2D eigenvalue weighted by Crippen LogP contribution is -2.55. The molecule has 112 valence electrons. The maximum atomic E-state index is 13.4. The van der Waals surface area contributed by atoms with E-state index in [9.17, 15) is 9.50 Å². The van der Waals surface area contributed by atoms with E-state index in [0.717, 1.165) is 6.54 Å². The molecular formula is C15H22FNO3. The van der Waals surface area contributed by atoms with Gasteiger partial charge in [-0.1, -0.05) is 12.1 Å². The Labute approximate surface area is 119 Å². The molecule has 1 unspecified atom stereocenters. The number of para-hydroxylation sites is 1. The number of ether oxygens (including phenoxy) is 2. The first-order valence-corrected chi connectivity index (χ1v) is 6.87. The largest absolute Gasteiger partial charge is 0.488 e. The van der Waals surface area contributed by atoms with Crippen molar-refractivity contribution >= 4 is 0 Å². The van der Waals surface area contributed by atoms with Crippen LogP contribution >= 0.6 is 0 Å². The first-order valence-electron chi connectivity index (χ1n) is 6.87. The van der Waals surface area contributed by atoms with Gasteiger partial charge in [0.2, 0.25) is 0 Å². The van der Waals surface area contributed by atoms with Gasteiger partial charge in [0.25, 0.3) is 0 Å². The summed E-state index contributed by atoms with van der Waals surface area (Å²) in [4.78, 5) is 2.17. The number of hydrogen-bond donors (Lipinski definition) is 1. The minimum absolute atomic E-state index is 0.0777. The highest BCUT2D eigenvalue weighted by Crippen LogP contribution is 2.20. The van der Waals surface area contributed by atoms with Gasteiger partial charge in [-0.2, -0.15) is 0 Å². The Balaban J connectivity index is 1.83. The quantitative estimate of drug-likeness (QED) is 0.892. The van der Waals surface area contributed by atoms with Gasteiger partial charge < -0.3 is 14.6 Å². The molecule has 0 aromatic heterocycles. The fraction of sp³-hybridized carbons (Fsp3) is 0.600. The monoisotopic (exact) mass is 283 g/mol. The van der Waals surface area contributed by atoms with E-state index in [0.29, 0.717) is 19.8 Å². The van der Waals surface area contributed by atoms with Crippen LogP contribution in [-0.4, -0.2) is 54.6 Å². The van der Waals surface area contributed by atoms with Crippen LogP contribution in [0.25, 0.3) is 0 Å². The molecule has 0 aliphatic carbocycles. The normalized spacial score (nSPS) is 20.6. The Hall–Kier alpha value is -1.17. The molecule has 1 N–H and O–H groups in total. The first kappa shape index (κ1) is 15.2. The first-order chi connectivity index (χ1) is 9.49. The van der Waals surface area contributed by atoms with E-state index in [-0.39, 0.29) is 17.9 Å². The predicted octanol–water partition coefficient (Wildman–Crippen LogP) is 1.68. The summed E-state index contributed by atoms with van der Waals surface area (Å²) in [5.41, 5.74) is -0.1000. The summed E-state index contributed by atoms with van der Waals surface area (Å²) in [7, 11) is 0. The van der Waals surface area contributed by atoms with Crippen LogP contribution in [0.1, 0.15) is 13.8 Å². The average Bonchev–Trinajstić information content (AvgIpc) is 2.40. The molecule has 1 aromatic rings. The van der Waals surface area contributed by atoms with E-state index in [1.165, 1.54) is 6.07 Å². The molecule has 1 fully saturated rings. The smallest absolute Gasteiger partial charge is 0.165 e. The zero-order valence-electron chi connectivity index (χ0n) is 12.0. The van der Waals surface area contributed by atoms with E-state index in [4.69, 9.17) is 9.47 Å². The molecule has 2 rings (SSSR count). The number of hydrogen-bond acceptors (Lipinski definition) is 4. The van der Waals surface area contributed by atoms with Crippen LogP contribution < -0.4 is 4.74 Å². The third kappa shape index (κ3) is 3.91. The summed E-state index contributed by atoms with van der Waals surface area (Å²) in [6.45, 7) is 6.83. The van der Waals surface area contributed by atoms with Crippen molar-refractivity contribution in [2.75, 3.05) is 32.9 Å². The summed E-state index contributed by atoms with van der Waals surface area (Å²) in [5.74, 6) is -0.237. The zero-order chi connectivity index (χ0) is 14.6. The van der Waals surface area contributed by atoms with Crippen LogP contribution in [0.3, 0.4) is 0 Å². The molecule has 1 heterocycles. The Bertz CT molecular complexity index is 439. The molecule has 0 saturated carbocycles. The van der Waals surface area contributed by atoms with Crippen molar-refractivity contribution in [3.63, 3.8) is 0 Å². The van der Waals surface area contributed by atoms with Crippen LogP contribution in [0.2, 0.25) is 0 Å². The summed E-state index contributed by atoms with van der Waals surface area (Å²) in [5, 5.41) is 10.1. The standard InChI is InChI=1S/C15H22FNO3/c1-15(2)11-19-8-7-17(15)9-12(18)10-20-14-6-4-3-5-13(14)16/h3-6,12,18H,7-11H2,1-2H3. The molecule has 4 nitrogen and oxygen atoms in total. The summed E-state index contributed by atoms with van der Waals surface area (Å²) in [6.07, 6.45) is -0.660. The number of halogens is 1. The van der Waals surface area contributed by atoms with Gasteiger partial charge in [0.1, 0.15) is 12.7 Å². The Kier molecular flexibility index (Phi) is 4.96. The van der Waals surface area contributed by atoms with Crippen molar-refractivity contribution in [1.82, 2.24) is 4.90 Å². The van der Waals surface area contributed by atoms with E-state index in [1.54, 1.807) is 18.2 Å². The number of aliphatic hydroxyl groups excluding tert-OH is 1. The molecule has 1 atom stereocenters. The van der Waals surface area contributed by atoms with Crippen LogP contribution in [0, 0.1) is 5.82 Å². The average molecular weight is 283 g/mol. The van der Waals surface area contributed by atoms with Crippen molar-refractivity contribution in [3.8, 4) is 5.75 Å². The third-order valence-corrected chi connectivity index (χ3v) is 3.52. The Morgan fingerprint density at radius 1 is 1.45 bits per heavy atom. The second-order valence-corrected chi connectivity index (χ2v) is 5.71. The third-order valence-electron chi connectivity index (χ3n) is 3.52. The van der Waals surface area contributed by atoms with E-state index < -0.39 is 11.9 Å². The van der Waals surface area contributed by atoms with Gasteiger partial charge in [0.05, 0.1) is 13.2 Å². The minimum atomic E-state index is -0.660. The number of nitrogens with zero attached hydrogens (tertiary/aromatic N) is 1. The molecule has 1 aliphatic rings. The van der Waals surface area contributed by atoms with Gasteiger partial charge in [-0.05, 0) is 26.0 Å². The van der Waals surface area contributed by atoms with Gasteiger partial charge in [0, 0.05) is 18.6 Å². The van der Waals surface area contributed by atoms with Crippen molar-refractivity contribution < 1.29 is 19.0 Å². The van der Waals surface area contributed by atoms with Gasteiger partial charge in [-0.3, -0.25) is 4.90 Å². The predicted molar refractivity (Wildman–Crippen MR) is 74.4 cm³/mol. The van der Waals surface area contributed by atoms with Gasteiger partial charge in [-0.25, -0.2) is 4.39 Å². The van der Waals surface area contributed by atoms with Crippen molar-refractivity contribution in [3.05, 3.63) is 30.1 Å². The van der Waals surface area contributed by atoms with Gasteiger partial charge in [-0.15, -0.1) is 0 Å². The zero-order valence-corrected chi connectivity index (χ0v) is 12.0. The van der Waals surface area contributed by atoms with Gasteiger partial charge in [0.15, 0.2) is 11.6 Å². The number of morpholine rings is 1. The molecule has 1 saturated heterocycles. The maximum Gasteiger partial charge on any atom is 0.165 e. The van der Waals surface area contributed by atoms with E-state index >= 15 is 0 Å². The van der Waals surface area contributed by atoms with Crippen molar-refractivity contribution in [2.45, 2.75) is 25.5 Å². The Morgan fingerprint density at radius 2 is 2.20 bits per heavy atom. The molecule has 5 heteroatoms. The summed E-state index contributed by atoms with van der Waals surface area (Å²) < 4.78 is 24.2. The highest BCUT2D eigenvalue weighted by Gasteiger charge is 2.31. The Morgan fingerprint density at radius 3 is 2.90 bits per heavy atom. The lowest BCUT2D eigenvalue weighted by Gasteiger charge is -2.42. The molecular weight excluding hydrogens is 261 g/mol. The maximum absolute atomic E-state index is 13.4. The molecule has 0 radical (unpaired) electrons. The van der Waals surface area contributed by atoms with E-state index in [1.807, 2.05) is 0 Å². The molecule has 1 aliphatic heterocycles. The van der Waals surface area contributed by atoms with Crippen LogP contribution in [-0.2, 0) is 4.74 Å². The number of aliphatic hydroxyl groups is 1. The molecule has 0 amide bonds. The van der Waals surface area contributed by atoms with Crippen molar-refractivity contribution in [2.24, 2.45) is 0 Å².